The van der Waals surface area contributed by atoms with E-state index in [0.717, 1.165) is 19.4 Å². The second-order valence-corrected chi connectivity index (χ2v) is 5.52. The van der Waals surface area contributed by atoms with Crippen molar-refractivity contribution in [1.82, 2.24) is 0 Å². The molecule has 92 valence electrons. The van der Waals surface area contributed by atoms with Gasteiger partial charge >= 0.3 is 0 Å². The maximum Gasteiger partial charge on any atom is 0.0689 e. The van der Waals surface area contributed by atoms with Crippen molar-refractivity contribution >= 4 is 22.6 Å². The van der Waals surface area contributed by atoms with Crippen molar-refractivity contribution in [3.63, 3.8) is 0 Å². The van der Waals surface area contributed by atoms with E-state index in [0.29, 0.717) is 10.0 Å². The van der Waals surface area contributed by atoms with Crippen LogP contribution in [-0.4, -0.2) is 30.9 Å². The summed E-state index contributed by atoms with van der Waals surface area (Å²) in [5.74, 6) is 0. The number of ether oxygens (including phenoxy) is 2. The summed E-state index contributed by atoms with van der Waals surface area (Å²) in [5, 5.41) is 0. The van der Waals surface area contributed by atoms with Crippen LogP contribution in [0, 0.1) is 0 Å². The van der Waals surface area contributed by atoms with Gasteiger partial charge in [0.1, 0.15) is 0 Å². The fourth-order valence-corrected chi connectivity index (χ4v) is 2.74. The van der Waals surface area contributed by atoms with Gasteiger partial charge in [0.25, 0.3) is 0 Å². The Morgan fingerprint density at radius 3 is 2.33 bits per heavy atom. The van der Waals surface area contributed by atoms with Crippen LogP contribution in [0.15, 0.2) is 0 Å². The Bertz CT molecular complexity index is 131. The molecule has 0 amide bonds. The van der Waals surface area contributed by atoms with Gasteiger partial charge in [-0.1, -0.05) is 48.8 Å². The van der Waals surface area contributed by atoms with E-state index in [1.807, 2.05) is 7.11 Å². The molecule has 0 N–H and O–H groups in total. The van der Waals surface area contributed by atoms with Gasteiger partial charge in [-0.15, -0.1) is 0 Å². The molecule has 0 rings (SSSR count). The zero-order valence-electron chi connectivity index (χ0n) is 10.3. The summed E-state index contributed by atoms with van der Waals surface area (Å²) in [4.78, 5) is 0. The first-order valence-electron chi connectivity index (χ1n) is 5.92. The van der Waals surface area contributed by atoms with Gasteiger partial charge < -0.3 is 9.47 Å². The van der Waals surface area contributed by atoms with Crippen molar-refractivity contribution in [2.24, 2.45) is 0 Å². The van der Waals surface area contributed by atoms with Crippen molar-refractivity contribution in [3.05, 3.63) is 0 Å². The Labute approximate surface area is 108 Å². The highest BCUT2D eigenvalue weighted by atomic mass is 127. The lowest BCUT2D eigenvalue weighted by Crippen LogP contribution is -2.23. The molecule has 0 heterocycles. The number of alkyl halides is 1. The smallest absolute Gasteiger partial charge is 0.0689 e. The lowest BCUT2D eigenvalue weighted by molar-refractivity contribution is 0.0827. The number of halogens is 1. The zero-order valence-corrected chi connectivity index (χ0v) is 12.5. The topological polar surface area (TPSA) is 18.5 Å². The molecule has 0 bridgehead atoms. The Balaban J connectivity index is 3.62. The lowest BCUT2D eigenvalue weighted by Gasteiger charge is -2.21. The van der Waals surface area contributed by atoms with E-state index in [1.165, 1.54) is 25.7 Å². The zero-order chi connectivity index (χ0) is 11.5. The third-order valence-corrected chi connectivity index (χ3v) is 4.05. The van der Waals surface area contributed by atoms with Crippen LogP contribution in [0.25, 0.3) is 0 Å². The van der Waals surface area contributed by atoms with Crippen LogP contribution in [0.2, 0.25) is 0 Å². The summed E-state index contributed by atoms with van der Waals surface area (Å²) in [6.45, 7) is 3.09. The fraction of sp³-hybridized carbons (Fsp3) is 1.00. The van der Waals surface area contributed by atoms with Crippen molar-refractivity contribution in [2.75, 3.05) is 20.8 Å². The molecular weight excluding hydrogens is 303 g/mol. The van der Waals surface area contributed by atoms with Gasteiger partial charge in [-0.05, 0) is 19.3 Å². The molecule has 0 unspecified atom stereocenters. The van der Waals surface area contributed by atoms with Crippen LogP contribution >= 0.6 is 22.6 Å². The summed E-state index contributed by atoms with van der Waals surface area (Å²) < 4.78 is 11.2. The van der Waals surface area contributed by atoms with Crippen molar-refractivity contribution < 1.29 is 9.47 Å². The number of hydrogen-bond acceptors (Lipinski definition) is 2. The summed E-state index contributed by atoms with van der Waals surface area (Å²) >= 11 is 2.53. The quantitative estimate of drug-likeness (QED) is 0.345. The molecule has 0 fully saturated rings. The van der Waals surface area contributed by atoms with Crippen LogP contribution < -0.4 is 0 Å². The molecule has 3 heteroatoms. The Hall–Kier alpha value is 0.650. The van der Waals surface area contributed by atoms with E-state index in [-0.39, 0.29) is 0 Å². The molecule has 2 atom stereocenters. The van der Waals surface area contributed by atoms with Crippen LogP contribution in [0.1, 0.15) is 45.4 Å². The monoisotopic (exact) mass is 328 g/mol. The highest BCUT2D eigenvalue weighted by Crippen LogP contribution is 2.20. The first-order chi connectivity index (χ1) is 7.26. The lowest BCUT2D eigenvalue weighted by atomic mass is 10.1. The Morgan fingerprint density at radius 1 is 1.07 bits per heavy atom. The van der Waals surface area contributed by atoms with Crippen molar-refractivity contribution in [1.29, 1.82) is 0 Å². The maximum absolute atomic E-state index is 5.53. The minimum Gasteiger partial charge on any atom is -0.385 e. The van der Waals surface area contributed by atoms with Crippen LogP contribution in [-0.2, 0) is 9.47 Å². The van der Waals surface area contributed by atoms with Crippen LogP contribution in [0.3, 0.4) is 0 Å². The summed E-state index contributed by atoms with van der Waals surface area (Å²) in [6.07, 6.45) is 7.86. The van der Waals surface area contributed by atoms with Gasteiger partial charge in [0.05, 0.1) is 6.10 Å². The van der Waals surface area contributed by atoms with Crippen molar-refractivity contribution in [2.45, 2.75) is 55.5 Å². The second-order valence-electron chi connectivity index (χ2n) is 3.92. The highest BCUT2D eigenvalue weighted by molar-refractivity contribution is 14.1. The SMILES string of the molecule is CCCCC[C@H](I)[C@@H](CCCOC)OC. The molecule has 0 saturated carbocycles. The Morgan fingerprint density at radius 2 is 1.80 bits per heavy atom. The molecule has 0 aromatic heterocycles. The van der Waals surface area contributed by atoms with E-state index in [4.69, 9.17) is 9.47 Å². The second kappa shape index (κ2) is 11.1. The Kier molecular flexibility index (Phi) is 11.6. The van der Waals surface area contributed by atoms with Gasteiger partial charge in [0.15, 0.2) is 0 Å². The van der Waals surface area contributed by atoms with Gasteiger partial charge in [-0.25, -0.2) is 0 Å². The third kappa shape index (κ3) is 8.46. The normalized spacial score (nSPS) is 15.2. The summed E-state index contributed by atoms with van der Waals surface area (Å²) in [7, 11) is 3.58. The number of unbranched alkanes of at least 4 members (excludes halogenated alkanes) is 2. The van der Waals surface area contributed by atoms with Gasteiger partial charge in [-0.3, -0.25) is 0 Å². The molecule has 0 aliphatic carbocycles. The summed E-state index contributed by atoms with van der Waals surface area (Å²) in [5.41, 5.74) is 0. The van der Waals surface area contributed by atoms with E-state index in [2.05, 4.69) is 29.5 Å². The first kappa shape index (κ1) is 15.7. The largest absolute Gasteiger partial charge is 0.385 e. The summed E-state index contributed by atoms with van der Waals surface area (Å²) in [6, 6.07) is 0. The van der Waals surface area contributed by atoms with Gasteiger partial charge in [-0.2, -0.15) is 0 Å². The van der Waals surface area contributed by atoms with Crippen LogP contribution in [0.5, 0.6) is 0 Å². The number of rotatable bonds is 10. The minimum atomic E-state index is 0.401. The van der Waals surface area contributed by atoms with E-state index in [9.17, 15) is 0 Å². The molecule has 15 heavy (non-hydrogen) atoms. The number of hydrogen-bond donors (Lipinski definition) is 0. The predicted molar refractivity (Wildman–Crippen MR) is 73.9 cm³/mol. The molecule has 0 aromatic carbocycles. The molecule has 0 spiro atoms. The molecule has 0 saturated heterocycles. The minimum absolute atomic E-state index is 0.401. The molecular formula is C12H25IO2. The van der Waals surface area contributed by atoms with Crippen LogP contribution in [0.4, 0.5) is 0 Å². The standard InChI is InChI=1S/C12H25IO2/c1-4-5-6-8-11(13)12(15-3)9-7-10-14-2/h11-12H,4-10H2,1-3H3/t11-,12+/m0/s1. The average molecular weight is 328 g/mol. The van der Waals surface area contributed by atoms with Crippen molar-refractivity contribution in [3.8, 4) is 0 Å². The molecule has 0 aliphatic rings. The molecule has 0 aliphatic heterocycles. The highest BCUT2D eigenvalue weighted by Gasteiger charge is 2.17. The van der Waals surface area contributed by atoms with Gasteiger partial charge in [0, 0.05) is 24.8 Å². The molecule has 0 aromatic rings. The van der Waals surface area contributed by atoms with E-state index < -0.39 is 0 Å². The number of methoxy groups -OCH3 is 2. The molecule has 2 nitrogen and oxygen atoms in total. The maximum atomic E-state index is 5.53. The fourth-order valence-electron chi connectivity index (χ4n) is 1.65. The molecule has 0 radical (unpaired) electrons. The van der Waals surface area contributed by atoms with Gasteiger partial charge in [0.2, 0.25) is 0 Å². The third-order valence-electron chi connectivity index (χ3n) is 2.63. The average Bonchev–Trinajstić information content (AvgIpc) is 2.24. The predicted octanol–water partition coefficient (Wildman–Crippen LogP) is 3.81. The van der Waals surface area contributed by atoms with E-state index in [1.54, 1.807) is 7.11 Å². The van der Waals surface area contributed by atoms with E-state index >= 15 is 0 Å². The first-order valence-corrected chi connectivity index (χ1v) is 7.16.